The highest BCUT2D eigenvalue weighted by molar-refractivity contribution is 5.84. The SMILES string of the molecule is COC=C(Oc1cc(Oc2ccccc2C#N)ncn1)C(=O)O. The van der Waals surface area contributed by atoms with Gasteiger partial charge in [-0.05, 0) is 12.1 Å². The van der Waals surface area contributed by atoms with Gasteiger partial charge in [-0.1, -0.05) is 12.1 Å². The molecule has 0 atom stereocenters. The summed E-state index contributed by atoms with van der Waals surface area (Å²) in [4.78, 5) is 18.6. The summed E-state index contributed by atoms with van der Waals surface area (Å²) in [6, 6.07) is 9.89. The van der Waals surface area contributed by atoms with E-state index in [9.17, 15) is 4.79 Å². The number of rotatable bonds is 6. The fourth-order valence-corrected chi connectivity index (χ4v) is 1.53. The van der Waals surface area contributed by atoms with E-state index < -0.39 is 11.7 Å². The van der Waals surface area contributed by atoms with Crippen molar-refractivity contribution in [3.63, 3.8) is 0 Å². The topological polar surface area (TPSA) is 115 Å². The Kier molecular flexibility index (Phi) is 5.09. The molecule has 8 nitrogen and oxygen atoms in total. The minimum absolute atomic E-state index is 0.0462. The first kappa shape index (κ1) is 15.8. The second kappa shape index (κ2) is 7.42. The first-order chi connectivity index (χ1) is 11.1. The van der Waals surface area contributed by atoms with Gasteiger partial charge in [0.2, 0.25) is 17.5 Å². The molecule has 0 radical (unpaired) electrons. The lowest BCUT2D eigenvalue weighted by atomic mass is 10.2. The zero-order valence-electron chi connectivity index (χ0n) is 12.0. The summed E-state index contributed by atoms with van der Waals surface area (Å²) in [5.74, 6) is -1.40. The first-order valence-electron chi connectivity index (χ1n) is 6.27. The van der Waals surface area contributed by atoms with E-state index in [1.807, 2.05) is 6.07 Å². The van der Waals surface area contributed by atoms with Gasteiger partial charge in [0, 0.05) is 0 Å². The molecular weight excluding hydrogens is 302 g/mol. The fraction of sp³-hybridized carbons (Fsp3) is 0.0667. The third kappa shape index (κ3) is 4.18. The Hall–Kier alpha value is -3.60. The van der Waals surface area contributed by atoms with E-state index in [0.29, 0.717) is 11.3 Å². The van der Waals surface area contributed by atoms with Crippen LogP contribution in [0, 0.1) is 11.3 Å². The number of carboxylic acids is 1. The van der Waals surface area contributed by atoms with E-state index in [0.717, 1.165) is 12.6 Å². The number of nitrogens with zero attached hydrogens (tertiary/aromatic N) is 3. The largest absolute Gasteiger partial charge is 0.500 e. The van der Waals surface area contributed by atoms with Crippen LogP contribution in [0.3, 0.4) is 0 Å². The van der Waals surface area contributed by atoms with Gasteiger partial charge in [-0.3, -0.25) is 0 Å². The molecule has 0 aliphatic heterocycles. The summed E-state index contributed by atoms with van der Waals surface area (Å²) in [7, 11) is 1.29. The lowest BCUT2D eigenvalue weighted by Crippen LogP contribution is -2.09. The molecule has 1 N–H and O–H groups in total. The summed E-state index contributed by atoms with van der Waals surface area (Å²) < 4.78 is 15.2. The summed E-state index contributed by atoms with van der Waals surface area (Å²) in [6.07, 6.45) is 2.07. The van der Waals surface area contributed by atoms with E-state index in [-0.39, 0.29) is 11.8 Å². The van der Waals surface area contributed by atoms with Crippen molar-refractivity contribution in [3.05, 3.63) is 54.2 Å². The van der Waals surface area contributed by atoms with Crippen LogP contribution >= 0.6 is 0 Å². The van der Waals surface area contributed by atoms with Crippen molar-refractivity contribution in [2.24, 2.45) is 0 Å². The molecule has 0 bridgehead atoms. The lowest BCUT2D eigenvalue weighted by Gasteiger charge is -2.08. The highest BCUT2D eigenvalue weighted by Crippen LogP contribution is 2.25. The van der Waals surface area contributed by atoms with E-state index in [4.69, 9.17) is 19.8 Å². The van der Waals surface area contributed by atoms with Crippen molar-refractivity contribution in [2.45, 2.75) is 0 Å². The minimum Gasteiger partial charge on any atom is -0.500 e. The molecule has 0 aliphatic rings. The number of ether oxygens (including phenoxy) is 3. The summed E-state index contributed by atoms with van der Waals surface area (Å²) in [5.41, 5.74) is 0.332. The van der Waals surface area contributed by atoms with Crippen molar-refractivity contribution in [2.75, 3.05) is 7.11 Å². The molecule has 2 aromatic rings. The molecule has 116 valence electrons. The van der Waals surface area contributed by atoms with Crippen molar-refractivity contribution in [1.29, 1.82) is 5.26 Å². The molecule has 23 heavy (non-hydrogen) atoms. The normalized spacial score (nSPS) is 10.5. The predicted octanol–water partition coefficient (Wildman–Crippen LogP) is 2.09. The molecule has 1 aromatic carbocycles. The highest BCUT2D eigenvalue weighted by Gasteiger charge is 2.13. The molecule has 0 saturated heterocycles. The Morgan fingerprint density at radius 2 is 2.04 bits per heavy atom. The molecule has 0 spiro atoms. The number of para-hydroxylation sites is 1. The zero-order valence-corrected chi connectivity index (χ0v) is 12.0. The maximum absolute atomic E-state index is 11.0. The third-order valence-electron chi connectivity index (χ3n) is 2.49. The number of nitriles is 1. The number of benzene rings is 1. The Bertz CT molecular complexity index is 783. The number of carboxylic acid groups (broad SMARTS) is 1. The molecule has 0 saturated carbocycles. The first-order valence-corrected chi connectivity index (χ1v) is 6.27. The van der Waals surface area contributed by atoms with Gasteiger partial charge in [0.05, 0.1) is 18.7 Å². The fourth-order valence-electron chi connectivity index (χ4n) is 1.53. The van der Waals surface area contributed by atoms with E-state index in [1.54, 1.807) is 24.3 Å². The monoisotopic (exact) mass is 313 g/mol. The maximum Gasteiger partial charge on any atom is 0.375 e. The van der Waals surface area contributed by atoms with Gasteiger partial charge < -0.3 is 19.3 Å². The van der Waals surface area contributed by atoms with Crippen LogP contribution in [0.5, 0.6) is 17.5 Å². The smallest absolute Gasteiger partial charge is 0.375 e. The Labute approximate surface area is 131 Å². The van der Waals surface area contributed by atoms with Crippen molar-refractivity contribution >= 4 is 5.97 Å². The van der Waals surface area contributed by atoms with Gasteiger partial charge in [-0.15, -0.1) is 0 Å². The molecule has 0 amide bonds. The molecule has 1 aromatic heterocycles. The van der Waals surface area contributed by atoms with E-state index in [1.165, 1.54) is 13.2 Å². The average Bonchev–Trinajstić information content (AvgIpc) is 2.55. The summed E-state index contributed by atoms with van der Waals surface area (Å²) in [6.45, 7) is 0. The number of hydrogen-bond acceptors (Lipinski definition) is 7. The van der Waals surface area contributed by atoms with E-state index >= 15 is 0 Å². The third-order valence-corrected chi connectivity index (χ3v) is 2.49. The number of methoxy groups -OCH3 is 1. The van der Waals surface area contributed by atoms with Crippen LogP contribution in [0.1, 0.15) is 5.56 Å². The molecular formula is C15H11N3O5. The highest BCUT2D eigenvalue weighted by atomic mass is 16.5. The molecule has 1 heterocycles. The van der Waals surface area contributed by atoms with E-state index in [2.05, 4.69) is 14.7 Å². The van der Waals surface area contributed by atoms with Crippen LogP contribution in [0.25, 0.3) is 0 Å². The van der Waals surface area contributed by atoms with Gasteiger partial charge in [-0.25, -0.2) is 14.8 Å². The van der Waals surface area contributed by atoms with Crippen LogP contribution in [0.2, 0.25) is 0 Å². The molecule has 0 aliphatic carbocycles. The van der Waals surface area contributed by atoms with Crippen LogP contribution in [-0.2, 0) is 9.53 Å². The lowest BCUT2D eigenvalue weighted by molar-refractivity contribution is -0.135. The summed E-state index contributed by atoms with van der Waals surface area (Å²) >= 11 is 0. The van der Waals surface area contributed by atoms with Crippen LogP contribution in [0.4, 0.5) is 0 Å². The second-order valence-electron chi connectivity index (χ2n) is 4.03. The van der Waals surface area contributed by atoms with Crippen molar-refractivity contribution < 1.29 is 24.1 Å². The quantitative estimate of drug-likeness (QED) is 0.636. The van der Waals surface area contributed by atoms with Crippen LogP contribution in [-0.4, -0.2) is 28.2 Å². The summed E-state index contributed by atoms with van der Waals surface area (Å²) in [5, 5.41) is 18.0. The minimum atomic E-state index is -1.32. The molecule has 2 rings (SSSR count). The predicted molar refractivity (Wildman–Crippen MR) is 76.6 cm³/mol. The van der Waals surface area contributed by atoms with Gasteiger partial charge in [0.25, 0.3) is 0 Å². The average molecular weight is 313 g/mol. The molecule has 8 heteroatoms. The van der Waals surface area contributed by atoms with Crippen molar-refractivity contribution in [3.8, 4) is 23.6 Å². The Balaban J connectivity index is 2.22. The Morgan fingerprint density at radius 3 is 2.74 bits per heavy atom. The van der Waals surface area contributed by atoms with Crippen LogP contribution < -0.4 is 9.47 Å². The Morgan fingerprint density at radius 1 is 1.30 bits per heavy atom. The number of aliphatic carboxylic acids is 1. The second-order valence-corrected chi connectivity index (χ2v) is 4.03. The molecule has 0 fully saturated rings. The molecule has 0 unspecified atom stereocenters. The van der Waals surface area contributed by atoms with Gasteiger partial charge >= 0.3 is 5.97 Å². The van der Waals surface area contributed by atoms with Crippen molar-refractivity contribution in [1.82, 2.24) is 9.97 Å². The zero-order chi connectivity index (χ0) is 16.7. The van der Waals surface area contributed by atoms with Gasteiger partial charge in [0.1, 0.15) is 24.4 Å². The number of carbonyl (C=O) groups is 1. The number of aromatic nitrogens is 2. The van der Waals surface area contributed by atoms with Crippen LogP contribution in [0.15, 0.2) is 48.7 Å². The van der Waals surface area contributed by atoms with Gasteiger partial charge in [0.15, 0.2) is 0 Å². The number of hydrogen-bond donors (Lipinski definition) is 1. The van der Waals surface area contributed by atoms with Gasteiger partial charge in [-0.2, -0.15) is 5.26 Å². The maximum atomic E-state index is 11.0. The standard InChI is InChI=1S/C15H11N3O5/c1-21-8-12(15(19)20)23-14-6-13(17-9-18-14)22-11-5-3-2-4-10(11)7-16/h2-6,8-9H,1H3,(H,19,20).